The highest BCUT2D eigenvalue weighted by Gasteiger charge is 2.48. The van der Waals surface area contributed by atoms with Gasteiger partial charge in [-0.05, 0) is 0 Å². The van der Waals surface area contributed by atoms with Crippen LogP contribution in [0.4, 0.5) is 0 Å². The summed E-state index contributed by atoms with van der Waals surface area (Å²) in [7, 11) is 0. The largest absolute Gasteiger partial charge is 0.463 e. The van der Waals surface area contributed by atoms with Gasteiger partial charge in [-0.1, -0.05) is 0 Å². The van der Waals surface area contributed by atoms with Crippen LogP contribution in [-0.2, 0) is 33.4 Å². The molecule has 1 aliphatic heterocycles. The average molecular weight is 346 g/mol. The molecule has 1 heterocycles. The molecule has 0 spiro atoms. The van der Waals surface area contributed by atoms with Crippen LogP contribution in [0.1, 0.15) is 27.7 Å². The molecule has 1 saturated heterocycles. The smallest absolute Gasteiger partial charge is 0.303 e. The lowest BCUT2D eigenvalue weighted by Gasteiger charge is -2.44. The molecule has 3 N–H and O–H groups in total. The van der Waals surface area contributed by atoms with Gasteiger partial charge in [-0.2, -0.15) is 0 Å². The first kappa shape index (κ1) is 19.8. The van der Waals surface area contributed by atoms with Crippen molar-refractivity contribution < 1.29 is 38.5 Å². The second-order valence-electron chi connectivity index (χ2n) is 5.39. The topological polar surface area (TPSA) is 140 Å². The quantitative estimate of drug-likeness (QED) is 0.496. The lowest BCUT2D eigenvalue weighted by Crippen LogP contribution is -2.69. The molecule has 10 nitrogen and oxygen atoms in total. The lowest BCUT2D eigenvalue weighted by atomic mass is 9.93. The number of carbonyl (C=O) groups is 4. The van der Waals surface area contributed by atoms with Gasteiger partial charge in [-0.15, -0.1) is 0 Å². The lowest BCUT2D eigenvalue weighted by molar-refractivity contribution is -0.239. The van der Waals surface area contributed by atoms with Gasteiger partial charge in [-0.3, -0.25) is 19.2 Å². The second-order valence-corrected chi connectivity index (χ2v) is 5.39. The Morgan fingerprint density at radius 1 is 0.958 bits per heavy atom. The number of nitrogens with one attached hydrogen (secondary N) is 2. The molecule has 0 bridgehead atoms. The van der Waals surface area contributed by atoms with Crippen LogP contribution in [0.15, 0.2) is 0 Å². The van der Waals surface area contributed by atoms with Gasteiger partial charge in [0.1, 0.15) is 18.8 Å². The zero-order chi connectivity index (χ0) is 18.4. The molecular weight excluding hydrogens is 324 g/mol. The Labute approximate surface area is 138 Å². The third kappa shape index (κ3) is 5.78. The standard InChI is InChI=1S/C14H22N2O8/c1-6(17)15-11-12(16-7(2)18)14(21)24-10(5-22-8(3)19)13(11)23-9(4)20/h10-14,21H,5H2,1-4H3,(H,15,17)(H,16,18). The summed E-state index contributed by atoms with van der Waals surface area (Å²) >= 11 is 0. The number of aliphatic hydroxyl groups excluding tert-OH is 1. The van der Waals surface area contributed by atoms with Crippen molar-refractivity contribution in [2.45, 2.75) is 58.3 Å². The molecule has 10 heteroatoms. The first-order valence-electron chi connectivity index (χ1n) is 7.30. The second kappa shape index (κ2) is 8.60. The summed E-state index contributed by atoms with van der Waals surface area (Å²) in [4.78, 5) is 45.2. The Morgan fingerprint density at radius 2 is 1.50 bits per heavy atom. The summed E-state index contributed by atoms with van der Waals surface area (Å²) in [6, 6.07) is -2.02. The molecule has 0 saturated carbocycles. The van der Waals surface area contributed by atoms with Crippen molar-refractivity contribution in [3.63, 3.8) is 0 Å². The van der Waals surface area contributed by atoms with Gasteiger partial charge in [0, 0.05) is 27.7 Å². The Bertz CT molecular complexity index is 509. The van der Waals surface area contributed by atoms with Crippen molar-refractivity contribution in [1.82, 2.24) is 10.6 Å². The Kier molecular flexibility index (Phi) is 7.11. The molecule has 0 aliphatic carbocycles. The highest BCUT2D eigenvalue weighted by molar-refractivity contribution is 5.75. The van der Waals surface area contributed by atoms with E-state index in [2.05, 4.69) is 10.6 Å². The summed E-state index contributed by atoms with van der Waals surface area (Å²) in [5, 5.41) is 15.1. The van der Waals surface area contributed by atoms with Crippen LogP contribution in [-0.4, -0.2) is 66.0 Å². The van der Waals surface area contributed by atoms with Gasteiger partial charge in [-0.25, -0.2) is 0 Å². The van der Waals surface area contributed by atoms with Crippen molar-refractivity contribution in [1.29, 1.82) is 0 Å². The Hall–Kier alpha value is -2.20. The number of esters is 2. The van der Waals surface area contributed by atoms with E-state index < -0.39 is 54.3 Å². The summed E-state index contributed by atoms with van der Waals surface area (Å²) in [6.45, 7) is 4.51. The van der Waals surface area contributed by atoms with Crippen LogP contribution in [0, 0.1) is 0 Å². The molecular formula is C14H22N2O8. The van der Waals surface area contributed by atoms with Crippen LogP contribution < -0.4 is 10.6 Å². The number of carbonyl (C=O) groups excluding carboxylic acids is 4. The third-order valence-corrected chi connectivity index (χ3v) is 3.22. The van der Waals surface area contributed by atoms with E-state index >= 15 is 0 Å². The van der Waals surface area contributed by atoms with E-state index in [0.29, 0.717) is 0 Å². The van der Waals surface area contributed by atoms with E-state index in [-0.39, 0.29) is 6.61 Å². The summed E-state index contributed by atoms with van der Waals surface area (Å²) in [5.74, 6) is -2.19. The van der Waals surface area contributed by atoms with Crippen LogP contribution in [0.5, 0.6) is 0 Å². The first-order chi connectivity index (χ1) is 11.1. The third-order valence-electron chi connectivity index (χ3n) is 3.22. The SMILES string of the molecule is CC(=O)NC1C(O)OC(COC(C)=O)C(OC(C)=O)C1NC(C)=O. The monoisotopic (exact) mass is 346 g/mol. The molecule has 0 aromatic heterocycles. The van der Waals surface area contributed by atoms with Crippen LogP contribution in [0.25, 0.3) is 0 Å². The zero-order valence-corrected chi connectivity index (χ0v) is 13.9. The fourth-order valence-electron chi connectivity index (χ4n) is 2.43. The van der Waals surface area contributed by atoms with Gasteiger partial charge in [0.15, 0.2) is 12.4 Å². The molecule has 5 atom stereocenters. The molecule has 136 valence electrons. The minimum atomic E-state index is -1.50. The normalized spacial score (nSPS) is 29.3. The Balaban J connectivity index is 3.11. The van der Waals surface area contributed by atoms with Crippen molar-refractivity contribution >= 4 is 23.8 Å². The van der Waals surface area contributed by atoms with Crippen molar-refractivity contribution in [2.75, 3.05) is 6.61 Å². The maximum atomic E-state index is 11.5. The molecule has 1 rings (SSSR count). The fourth-order valence-corrected chi connectivity index (χ4v) is 2.43. The Morgan fingerprint density at radius 3 is 1.96 bits per heavy atom. The summed E-state index contributed by atoms with van der Waals surface area (Å²) in [6.07, 6.45) is -3.60. The number of amides is 2. The summed E-state index contributed by atoms with van der Waals surface area (Å²) in [5.41, 5.74) is 0. The molecule has 5 unspecified atom stereocenters. The predicted molar refractivity (Wildman–Crippen MR) is 78.3 cm³/mol. The van der Waals surface area contributed by atoms with E-state index in [4.69, 9.17) is 14.2 Å². The minimum Gasteiger partial charge on any atom is -0.463 e. The predicted octanol–water partition coefficient (Wildman–Crippen LogP) is -1.79. The molecule has 0 aromatic carbocycles. The average Bonchev–Trinajstić information content (AvgIpc) is 2.42. The number of hydrogen-bond donors (Lipinski definition) is 3. The van der Waals surface area contributed by atoms with Crippen LogP contribution in [0.2, 0.25) is 0 Å². The van der Waals surface area contributed by atoms with E-state index in [1.54, 1.807) is 0 Å². The zero-order valence-electron chi connectivity index (χ0n) is 13.9. The summed E-state index contributed by atoms with van der Waals surface area (Å²) < 4.78 is 15.3. The molecule has 1 fully saturated rings. The van der Waals surface area contributed by atoms with Crippen LogP contribution >= 0.6 is 0 Å². The van der Waals surface area contributed by atoms with Gasteiger partial charge < -0.3 is 30.0 Å². The first-order valence-corrected chi connectivity index (χ1v) is 7.30. The van der Waals surface area contributed by atoms with E-state index in [1.807, 2.05) is 0 Å². The molecule has 24 heavy (non-hydrogen) atoms. The molecule has 2 amide bonds. The highest BCUT2D eigenvalue weighted by Crippen LogP contribution is 2.23. The van der Waals surface area contributed by atoms with E-state index in [0.717, 1.165) is 6.92 Å². The maximum Gasteiger partial charge on any atom is 0.303 e. The van der Waals surface area contributed by atoms with Gasteiger partial charge in [0.25, 0.3) is 0 Å². The molecule has 1 aliphatic rings. The molecule has 0 radical (unpaired) electrons. The number of rotatable bonds is 5. The van der Waals surface area contributed by atoms with E-state index in [9.17, 15) is 24.3 Å². The fraction of sp³-hybridized carbons (Fsp3) is 0.714. The number of aliphatic hydroxyl groups is 1. The van der Waals surface area contributed by atoms with Crippen molar-refractivity contribution in [2.24, 2.45) is 0 Å². The van der Waals surface area contributed by atoms with Gasteiger partial charge >= 0.3 is 11.9 Å². The van der Waals surface area contributed by atoms with Crippen molar-refractivity contribution in [3.05, 3.63) is 0 Å². The van der Waals surface area contributed by atoms with Crippen LogP contribution in [0.3, 0.4) is 0 Å². The van der Waals surface area contributed by atoms with E-state index in [1.165, 1.54) is 20.8 Å². The minimum absolute atomic E-state index is 0.298. The van der Waals surface area contributed by atoms with Gasteiger partial charge in [0.05, 0.1) is 6.04 Å². The number of hydrogen-bond acceptors (Lipinski definition) is 8. The number of ether oxygens (including phenoxy) is 3. The molecule has 0 aromatic rings. The van der Waals surface area contributed by atoms with Gasteiger partial charge in [0.2, 0.25) is 11.8 Å². The van der Waals surface area contributed by atoms with Crippen molar-refractivity contribution in [3.8, 4) is 0 Å². The maximum absolute atomic E-state index is 11.5. The highest BCUT2D eigenvalue weighted by atomic mass is 16.7.